The minimum absolute atomic E-state index is 0.213. The molecule has 19 heavy (non-hydrogen) atoms. The Morgan fingerprint density at radius 2 is 1.95 bits per heavy atom. The highest BCUT2D eigenvalue weighted by Gasteiger charge is 2.31. The molecule has 106 valence electrons. The normalized spacial score (nSPS) is 16.7. The second kappa shape index (κ2) is 6.33. The van der Waals surface area contributed by atoms with E-state index in [1.54, 1.807) is 0 Å². The molecule has 0 bridgehead atoms. The Kier molecular flexibility index (Phi) is 4.75. The highest BCUT2D eigenvalue weighted by atomic mass is 15.3. The van der Waals surface area contributed by atoms with Gasteiger partial charge in [-0.25, -0.2) is 9.97 Å². The quantitative estimate of drug-likeness (QED) is 0.819. The van der Waals surface area contributed by atoms with E-state index in [4.69, 9.17) is 5.73 Å². The lowest BCUT2D eigenvalue weighted by atomic mass is 10.1. The Balaban J connectivity index is 2.03. The van der Waals surface area contributed by atoms with Gasteiger partial charge in [-0.05, 0) is 37.2 Å². The van der Waals surface area contributed by atoms with E-state index in [-0.39, 0.29) is 6.04 Å². The standard InChI is InChI=1S/C15H26N4/c1-4-13(16)7-12-8-17-15(18-9-12)19(10-11(2)3)14-5-6-14/h8-9,11,13-14H,4-7,10,16H2,1-3H3. The van der Waals surface area contributed by atoms with Gasteiger partial charge in [-0.2, -0.15) is 0 Å². The second-order valence-electron chi connectivity index (χ2n) is 6.04. The maximum atomic E-state index is 5.96. The zero-order valence-corrected chi connectivity index (χ0v) is 12.3. The van der Waals surface area contributed by atoms with Gasteiger partial charge >= 0.3 is 0 Å². The molecular weight excluding hydrogens is 236 g/mol. The van der Waals surface area contributed by atoms with Gasteiger partial charge in [0.05, 0.1) is 0 Å². The van der Waals surface area contributed by atoms with Gasteiger partial charge in [0.25, 0.3) is 0 Å². The average molecular weight is 262 g/mol. The largest absolute Gasteiger partial charge is 0.338 e. The van der Waals surface area contributed by atoms with Gasteiger partial charge in [-0.3, -0.25) is 0 Å². The molecular formula is C15H26N4. The van der Waals surface area contributed by atoms with Gasteiger partial charge in [0.1, 0.15) is 0 Å². The third kappa shape index (κ3) is 4.16. The minimum atomic E-state index is 0.213. The lowest BCUT2D eigenvalue weighted by Crippen LogP contribution is -2.31. The summed E-state index contributed by atoms with van der Waals surface area (Å²) in [5.74, 6) is 1.52. The number of hydrogen-bond acceptors (Lipinski definition) is 4. The minimum Gasteiger partial charge on any atom is -0.338 e. The van der Waals surface area contributed by atoms with Crippen LogP contribution < -0.4 is 10.6 Å². The third-order valence-corrected chi connectivity index (χ3v) is 3.52. The highest BCUT2D eigenvalue weighted by molar-refractivity contribution is 5.34. The maximum absolute atomic E-state index is 5.96. The predicted octanol–water partition coefficient (Wildman–Crippen LogP) is 2.38. The third-order valence-electron chi connectivity index (χ3n) is 3.52. The first kappa shape index (κ1) is 14.3. The zero-order valence-electron chi connectivity index (χ0n) is 12.3. The van der Waals surface area contributed by atoms with Crippen molar-refractivity contribution < 1.29 is 0 Å². The molecule has 0 radical (unpaired) electrons. The van der Waals surface area contributed by atoms with Crippen molar-refractivity contribution in [3.63, 3.8) is 0 Å². The Morgan fingerprint density at radius 1 is 1.32 bits per heavy atom. The van der Waals surface area contributed by atoms with Crippen molar-refractivity contribution in [3.8, 4) is 0 Å². The fraction of sp³-hybridized carbons (Fsp3) is 0.733. The van der Waals surface area contributed by atoms with Crippen LogP contribution in [0.5, 0.6) is 0 Å². The van der Waals surface area contributed by atoms with E-state index in [0.717, 1.165) is 30.9 Å². The topological polar surface area (TPSA) is 55.0 Å². The van der Waals surface area contributed by atoms with Crippen molar-refractivity contribution in [3.05, 3.63) is 18.0 Å². The van der Waals surface area contributed by atoms with Crippen LogP contribution in [-0.2, 0) is 6.42 Å². The monoisotopic (exact) mass is 262 g/mol. The zero-order chi connectivity index (χ0) is 13.8. The summed E-state index contributed by atoms with van der Waals surface area (Å²) in [5.41, 5.74) is 7.10. The molecule has 2 rings (SSSR count). The van der Waals surface area contributed by atoms with Crippen molar-refractivity contribution >= 4 is 5.95 Å². The number of nitrogens with two attached hydrogens (primary N) is 1. The van der Waals surface area contributed by atoms with E-state index < -0.39 is 0 Å². The van der Waals surface area contributed by atoms with E-state index in [1.807, 2.05) is 12.4 Å². The van der Waals surface area contributed by atoms with Crippen LogP contribution in [0.15, 0.2) is 12.4 Å². The number of nitrogens with zero attached hydrogens (tertiary/aromatic N) is 3. The summed E-state index contributed by atoms with van der Waals surface area (Å²) in [6.07, 6.45) is 8.28. The van der Waals surface area contributed by atoms with Gasteiger partial charge in [-0.1, -0.05) is 20.8 Å². The number of hydrogen-bond donors (Lipinski definition) is 1. The van der Waals surface area contributed by atoms with Gasteiger partial charge in [0.15, 0.2) is 0 Å². The Bertz CT molecular complexity index is 384. The predicted molar refractivity (Wildman–Crippen MR) is 79.2 cm³/mol. The van der Waals surface area contributed by atoms with Crippen LogP contribution in [0.4, 0.5) is 5.95 Å². The molecule has 0 aromatic carbocycles. The van der Waals surface area contributed by atoms with E-state index >= 15 is 0 Å². The molecule has 0 aliphatic heterocycles. The summed E-state index contributed by atoms with van der Waals surface area (Å²) >= 11 is 0. The van der Waals surface area contributed by atoms with Crippen LogP contribution >= 0.6 is 0 Å². The molecule has 0 saturated heterocycles. The molecule has 0 spiro atoms. The van der Waals surface area contributed by atoms with Crippen molar-refractivity contribution in [1.29, 1.82) is 0 Å². The van der Waals surface area contributed by atoms with E-state index in [0.29, 0.717) is 12.0 Å². The SMILES string of the molecule is CCC(N)Cc1cnc(N(CC(C)C)C2CC2)nc1. The molecule has 1 aromatic heterocycles. The van der Waals surface area contributed by atoms with Crippen LogP contribution in [0, 0.1) is 5.92 Å². The van der Waals surface area contributed by atoms with E-state index in [2.05, 4.69) is 35.6 Å². The molecule has 2 N–H and O–H groups in total. The molecule has 1 fully saturated rings. The van der Waals surface area contributed by atoms with Crippen molar-refractivity contribution in [1.82, 2.24) is 9.97 Å². The summed E-state index contributed by atoms with van der Waals surface area (Å²) in [6.45, 7) is 7.63. The van der Waals surface area contributed by atoms with E-state index in [1.165, 1.54) is 12.8 Å². The summed E-state index contributed by atoms with van der Waals surface area (Å²) in [5, 5.41) is 0. The molecule has 1 heterocycles. The summed E-state index contributed by atoms with van der Waals surface area (Å²) in [6, 6.07) is 0.871. The molecule has 4 nitrogen and oxygen atoms in total. The van der Waals surface area contributed by atoms with Crippen LogP contribution in [0.2, 0.25) is 0 Å². The van der Waals surface area contributed by atoms with Crippen molar-refractivity contribution in [2.24, 2.45) is 11.7 Å². The molecule has 1 unspecified atom stereocenters. The highest BCUT2D eigenvalue weighted by Crippen LogP contribution is 2.30. The molecule has 1 aromatic rings. The summed E-state index contributed by atoms with van der Waals surface area (Å²) < 4.78 is 0. The Morgan fingerprint density at radius 3 is 2.42 bits per heavy atom. The Hall–Kier alpha value is -1.16. The first-order chi connectivity index (χ1) is 9.10. The number of anilines is 1. The maximum Gasteiger partial charge on any atom is 0.225 e. The first-order valence-electron chi connectivity index (χ1n) is 7.43. The van der Waals surface area contributed by atoms with Gasteiger partial charge in [-0.15, -0.1) is 0 Å². The molecule has 1 atom stereocenters. The lowest BCUT2D eigenvalue weighted by molar-refractivity contribution is 0.595. The van der Waals surface area contributed by atoms with Crippen LogP contribution in [0.3, 0.4) is 0 Å². The van der Waals surface area contributed by atoms with Gasteiger partial charge < -0.3 is 10.6 Å². The molecule has 1 saturated carbocycles. The second-order valence-corrected chi connectivity index (χ2v) is 6.04. The van der Waals surface area contributed by atoms with Gasteiger partial charge in [0, 0.05) is 31.0 Å². The summed E-state index contributed by atoms with van der Waals surface area (Å²) in [7, 11) is 0. The lowest BCUT2D eigenvalue weighted by Gasteiger charge is -2.24. The summed E-state index contributed by atoms with van der Waals surface area (Å²) in [4.78, 5) is 11.4. The van der Waals surface area contributed by atoms with Crippen molar-refractivity contribution in [2.75, 3.05) is 11.4 Å². The van der Waals surface area contributed by atoms with Crippen LogP contribution in [0.1, 0.15) is 45.6 Å². The molecule has 0 amide bonds. The molecule has 4 heteroatoms. The fourth-order valence-corrected chi connectivity index (χ4v) is 2.22. The fourth-order valence-electron chi connectivity index (χ4n) is 2.22. The Labute approximate surface area is 116 Å². The van der Waals surface area contributed by atoms with Crippen LogP contribution in [0.25, 0.3) is 0 Å². The van der Waals surface area contributed by atoms with Crippen LogP contribution in [-0.4, -0.2) is 28.6 Å². The molecule has 1 aliphatic carbocycles. The average Bonchev–Trinajstić information content (AvgIpc) is 3.21. The number of rotatable bonds is 7. The smallest absolute Gasteiger partial charge is 0.225 e. The molecule has 1 aliphatic rings. The first-order valence-corrected chi connectivity index (χ1v) is 7.43. The van der Waals surface area contributed by atoms with E-state index in [9.17, 15) is 0 Å². The van der Waals surface area contributed by atoms with Crippen molar-refractivity contribution in [2.45, 2.75) is 58.5 Å². The number of aromatic nitrogens is 2. The van der Waals surface area contributed by atoms with Gasteiger partial charge in [0.2, 0.25) is 5.95 Å².